The van der Waals surface area contributed by atoms with E-state index in [1.165, 1.54) is 5.56 Å². The highest BCUT2D eigenvalue weighted by Crippen LogP contribution is 2.17. The van der Waals surface area contributed by atoms with Gasteiger partial charge >= 0.3 is 0 Å². The molecule has 0 fully saturated rings. The molecule has 1 rings (SSSR count). The fourth-order valence-corrected chi connectivity index (χ4v) is 1.91. The molecule has 2 unspecified atom stereocenters. The summed E-state index contributed by atoms with van der Waals surface area (Å²) < 4.78 is 0. The van der Waals surface area contributed by atoms with E-state index in [9.17, 15) is 0 Å². The SMILES string of the molecule is CC(C)C(N)C(C)Cc1ccc(Cl)cc1. The summed E-state index contributed by atoms with van der Waals surface area (Å²) in [5.74, 6) is 1.04. The van der Waals surface area contributed by atoms with E-state index in [1.54, 1.807) is 0 Å². The maximum atomic E-state index is 6.11. The number of rotatable bonds is 4. The number of nitrogens with two attached hydrogens (primary N) is 1. The summed E-state index contributed by atoms with van der Waals surface area (Å²) in [7, 11) is 0. The molecular formula is C13H20ClN. The molecule has 0 aliphatic carbocycles. The molecule has 0 aromatic heterocycles. The van der Waals surface area contributed by atoms with Crippen molar-refractivity contribution < 1.29 is 0 Å². The minimum atomic E-state index is 0.265. The van der Waals surface area contributed by atoms with Crippen molar-refractivity contribution in [2.75, 3.05) is 0 Å². The van der Waals surface area contributed by atoms with Gasteiger partial charge in [-0.25, -0.2) is 0 Å². The van der Waals surface area contributed by atoms with Crippen LogP contribution in [0.3, 0.4) is 0 Å². The molecule has 84 valence electrons. The van der Waals surface area contributed by atoms with E-state index in [0.29, 0.717) is 11.8 Å². The Labute approximate surface area is 97.6 Å². The molecule has 1 aromatic rings. The molecule has 1 aromatic carbocycles. The molecule has 0 saturated carbocycles. The van der Waals surface area contributed by atoms with Crippen LogP contribution in [0.15, 0.2) is 24.3 Å². The van der Waals surface area contributed by atoms with Crippen LogP contribution in [0.4, 0.5) is 0 Å². The average Bonchev–Trinajstić information content (AvgIpc) is 2.20. The first-order valence-corrected chi connectivity index (χ1v) is 5.88. The van der Waals surface area contributed by atoms with Crippen molar-refractivity contribution in [2.45, 2.75) is 33.2 Å². The molecule has 0 spiro atoms. The third-order valence-electron chi connectivity index (χ3n) is 2.90. The number of benzene rings is 1. The van der Waals surface area contributed by atoms with Crippen LogP contribution in [-0.4, -0.2) is 6.04 Å². The maximum Gasteiger partial charge on any atom is 0.0406 e. The van der Waals surface area contributed by atoms with Gasteiger partial charge < -0.3 is 5.73 Å². The fraction of sp³-hybridized carbons (Fsp3) is 0.538. The van der Waals surface area contributed by atoms with Crippen molar-refractivity contribution in [3.05, 3.63) is 34.9 Å². The van der Waals surface area contributed by atoms with Crippen LogP contribution >= 0.6 is 11.6 Å². The lowest BCUT2D eigenvalue weighted by Gasteiger charge is -2.23. The van der Waals surface area contributed by atoms with Crippen molar-refractivity contribution in [2.24, 2.45) is 17.6 Å². The van der Waals surface area contributed by atoms with Crippen molar-refractivity contribution in [1.82, 2.24) is 0 Å². The Balaban J connectivity index is 2.58. The fourth-order valence-electron chi connectivity index (χ4n) is 1.79. The third kappa shape index (κ3) is 3.84. The number of halogens is 1. The van der Waals surface area contributed by atoms with E-state index in [4.69, 9.17) is 17.3 Å². The Morgan fingerprint density at radius 1 is 1.13 bits per heavy atom. The van der Waals surface area contributed by atoms with Gasteiger partial charge in [-0.3, -0.25) is 0 Å². The molecule has 0 aliphatic rings. The first kappa shape index (κ1) is 12.5. The summed E-state index contributed by atoms with van der Waals surface area (Å²) in [6.07, 6.45) is 1.02. The molecule has 0 amide bonds. The zero-order chi connectivity index (χ0) is 11.4. The monoisotopic (exact) mass is 225 g/mol. The minimum Gasteiger partial charge on any atom is -0.327 e. The van der Waals surface area contributed by atoms with Gasteiger partial charge in [0.1, 0.15) is 0 Å². The van der Waals surface area contributed by atoms with Crippen LogP contribution in [0, 0.1) is 11.8 Å². The van der Waals surface area contributed by atoms with E-state index >= 15 is 0 Å². The Morgan fingerprint density at radius 2 is 1.67 bits per heavy atom. The van der Waals surface area contributed by atoms with Gasteiger partial charge in [-0.2, -0.15) is 0 Å². The van der Waals surface area contributed by atoms with Crippen molar-refractivity contribution in [3.63, 3.8) is 0 Å². The molecule has 2 heteroatoms. The smallest absolute Gasteiger partial charge is 0.0406 e. The van der Waals surface area contributed by atoms with Gasteiger partial charge in [0.25, 0.3) is 0 Å². The van der Waals surface area contributed by atoms with Crippen molar-refractivity contribution >= 4 is 11.6 Å². The summed E-state index contributed by atoms with van der Waals surface area (Å²) in [6, 6.07) is 8.29. The second kappa shape index (κ2) is 5.53. The van der Waals surface area contributed by atoms with E-state index in [-0.39, 0.29) is 6.04 Å². The Kier molecular flexibility index (Phi) is 4.62. The lowest BCUT2D eigenvalue weighted by Crippen LogP contribution is -2.34. The van der Waals surface area contributed by atoms with Crippen molar-refractivity contribution in [1.29, 1.82) is 0 Å². The van der Waals surface area contributed by atoms with E-state index in [0.717, 1.165) is 11.4 Å². The van der Waals surface area contributed by atoms with Crippen molar-refractivity contribution in [3.8, 4) is 0 Å². The third-order valence-corrected chi connectivity index (χ3v) is 3.15. The highest BCUT2D eigenvalue weighted by Gasteiger charge is 2.16. The largest absolute Gasteiger partial charge is 0.327 e. The summed E-state index contributed by atoms with van der Waals surface area (Å²) >= 11 is 5.84. The Hall–Kier alpha value is -0.530. The van der Waals surface area contributed by atoms with Gasteiger partial charge in [-0.05, 0) is 36.0 Å². The summed E-state index contributed by atoms with van der Waals surface area (Å²) in [4.78, 5) is 0. The standard InChI is InChI=1S/C13H20ClN/c1-9(2)13(15)10(3)8-11-4-6-12(14)7-5-11/h4-7,9-10,13H,8,15H2,1-3H3. The second-order valence-electron chi connectivity index (χ2n) is 4.63. The van der Waals surface area contributed by atoms with E-state index in [2.05, 4.69) is 32.9 Å². The van der Waals surface area contributed by atoms with Crippen LogP contribution in [-0.2, 0) is 6.42 Å². The normalized spacial score (nSPS) is 15.3. The predicted molar refractivity (Wildman–Crippen MR) is 67.1 cm³/mol. The molecule has 15 heavy (non-hydrogen) atoms. The second-order valence-corrected chi connectivity index (χ2v) is 5.07. The summed E-state index contributed by atoms with van der Waals surface area (Å²) in [5.41, 5.74) is 7.42. The molecule has 1 nitrogen and oxygen atoms in total. The van der Waals surface area contributed by atoms with Gasteiger partial charge in [-0.15, -0.1) is 0 Å². The van der Waals surface area contributed by atoms with Gasteiger partial charge in [-0.1, -0.05) is 44.5 Å². The maximum absolute atomic E-state index is 6.11. The van der Waals surface area contributed by atoms with Gasteiger partial charge in [0, 0.05) is 11.1 Å². The predicted octanol–water partition coefficient (Wildman–Crippen LogP) is 3.50. The quantitative estimate of drug-likeness (QED) is 0.834. The average molecular weight is 226 g/mol. The van der Waals surface area contributed by atoms with Crippen LogP contribution in [0.1, 0.15) is 26.3 Å². The molecule has 2 N–H and O–H groups in total. The van der Waals surface area contributed by atoms with Gasteiger partial charge in [0.2, 0.25) is 0 Å². The molecule has 2 atom stereocenters. The first-order valence-electron chi connectivity index (χ1n) is 5.50. The van der Waals surface area contributed by atoms with E-state index < -0.39 is 0 Å². The van der Waals surface area contributed by atoms with Crippen LogP contribution in [0.2, 0.25) is 5.02 Å². The summed E-state index contributed by atoms with van der Waals surface area (Å²) in [6.45, 7) is 6.55. The zero-order valence-electron chi connectivity index (χ0n) is 9.70. The van der Waals surface area contributed by atoms with E-state index in [1.807, 2.05) is 12.1 Å². The number of hydrogen-bond donors (Lipinski definition) is 1. The molecule has 0 saturated heterocycles. The number of hydrogen-bond acceptors (Lipinski definition) is 1. The lowest BCUT2D eigenvalue weighted by atomic mass is 9.88. The highest BCUT2D eigenvalue weighted by molar-refractivity contribution is 6.30. The lowest BCUT2D eigenvalue weighted by molar-refractivity contribution is 0.362. The molecular weight excluding hydrogens is 206 g/mol. The van der Waals surface area contributed by atoms with Gasteiger partial charge in [0.05, 0.1) is 0 Å². The Morgan fingerprint density at radius 3 is 2.13 bits per heavy atom. The highest BCUT2D eigenvalue weighted by atomic mass is 35.5. The van der Waals surface area contributed by atoms with Crippen LogP contribution < -0.4 is 5.73 Å². The molecule has 0 radical (unpaired) electrons. The molecule has 0 heterocycles. The summed E-state index contributed by atoms with van der Waals surface area (Å²) in [5, 5.41) is 0.791. The molecule has 0 bridgehead atoms. The topological polar surface area (TPSA) is 26.0 Å². The Bertz CT molecular complexity index is 292. The minimum absolute atomic E-state index is 0.265. The van der Waals surface area contributed by atoms with Crippen LogP contribution in [0.5, 0.6) is 0 Å². The zero-order valence-corrected chi connectivity index (χ0v) is 10.5. The first-order chi connectivity index (χ1) is 7.00. The van der Waals surface area contributed by atoms with Gasteiger partial charge in [0.15, 0.2) is 0 Å². The van der Waals surface area contributed by atoms with Crippen LogP contribution in [0.25, 0.3) is 0 Å². The molecule has 0 aliphatic heterocycles.